The van der Waals surface area contributed by atoms with Crippen LogP contribution in [-0.2, 0) is 4.79 Å². The summed E-state index contributed by atoms with van der Waals surface area (Å²) in [4.78, 5) is 23.5. The number of amides is 1. The van der Waals surface area contributed by atoms with E-state index in [1.807, 2.05) is 0 Å². The molecule has 0 radical (unpaired) electrons. The first kappa shape index (κ1) is 15.4. The van der Waals surface area contributed by atoms with Crippen LogP contribution in [0.5, 0.6) is 0 Å². The van der Waals surface area contributed by atoms with Crippen molar-refractivity contribution in [1.82, 2.24) is 4.90 Å². The molecule has 1 rings (SSSR count). The average Bonchev–Trinajstić information content (AvgIpc) is 2.36. The molecular weight excluding hydrogens is 286 g/mol. The molecule has 0 fully saturated rings. The molecule has 1 aromatic carbocycles. The van der Waals surface area contributed by atoms with Crippen LogP contribution in [0, 0.1) is 10.1 Å². The third-order valence-corrected chi connectivity index (χ3v) is 3.77. The summed E-state index contributed by atoms with van der Waals surface area (Å²) in [6.45, 7) is 0. The minimum atomic E-state index is -0.508. The van der Waals surface area contributed by atoms with Gasteiger partial charge in [0.15, 0.2) is 0 Å². The number of nitro groups is 1. The number of carbonyl (C=O) groups is 1. The van der Waals surface area contributed by atoms with Crippen LogP contribution < -0.4 is 5.32 Å². The smallest absolute Gasteiger partial charge is 0.271 e. The molecule has 0 saturated carbocycles. The number of carbonyl (C=O) groups excluding carboxylic acids is 1. The molecule has 0 aromatic heterocycles. The maximum Gasteiger partial charge on any atom is 0.271 e. The van der Waals surface area contributed by atoms with E-state index in [0.717, 1.165) is 0 Å². The number of rotatable bonds is 4. The minimum absolute atomic E-state index is 0.0609. The van der Waals surface area contributed by atoms with E-state index in [4.69, 9.17) is 12.2 Å². The molecule has 0 aliphatic carbocycles. The van der Waals surface area contributed by atoms with E-state index in [0.29, 0.717) is 10.0 Å². The van der Waals surface area contributed by atoms with Crippen molar-refractivity contribution in [2.75, 3.05) is 25.2 Å². The normalized spacial score (nSPS) is 9.79. The van der Waals surface area contributed by atoms with Crippen LogP contribution >= 0.6 is 24.0 Å². The third-order valence-electron chi connectivity index (χ3n) is 2.03. The number of nitrogens with zero attached hydrogens (tertiary/aromatic N) is 2. The lowest BCUT2D eigenvalue weighted by molar-refractivity contribution is -0.384. The molecule has 1 aromatic rings. The van der Waals surface area contributed by atoms with E-state index in [1.54, 1.807) is 25.1 Å². The number of non-ortho nitro benzene ring substituents is 1. The molecule has 0 atom stereocenters. The number of thioether (sulfide) groups is 1. The number of nitrogens with one attached hydrogen (secondary N) is 1. The summed E-state index contributed by atoms with van der Waals surface area (Å²) in [7, 11) is 3.60. The lowest BCUT2D eigenvalue weighted by Crippen LogP contribution is -2.20. The molecule has 1 N–H and O–H groups in total. The highest BCUT2D eigenvalue weighted by Gasteiger charge is 2.09. The maximum atomic E-state index is 11.6. The van der Waals surface area contributed by atoms with Gasteiger partial charge in [0, 0.05) is 31.9 Å². The topological polar surface area (TPSA) is 75.5 Å². The lowest BCUT2D eigenvalue weighted by Gasteiger charge is -2.12. The Morgan fingerprint density at radius 1 is 1.53 bits per heavy atom. The fraction of sp³-hybridized carbons (Fsp3) is 0.273. The number of thiocarbonyl (C=S) groups is 1. The molecule has 8 heteroatoms. The van der Waals surface area contributed by atoms with Crippen LogP contribution in [-0.4, -0.2) is 39.9 Å². The van der Waals surface area contributed by atoms with Crippen molar-refractivity contribution in [2.45, 2.75) is 0 Å². The van der Waals surface area contributed by atoms with Crippen molar-refractivity contribution in [3.63, 3.8) is 0 Å². The number of benzene rings is 1. The van der Waals surface area contributed by atoms with Gasteiger partial charge in [-0.1, -0.05) is 30.0 Å². The van der Waals surface area contributed by atoms with Gasteiger partial charge in [-0.25, -0.2) is 0 Å². The van der Waals surface area contributed by atoms with Gasteiger partial charge in [-0.2, -0.15) is 0 Å². The molecule has 0 spiro atoms. The zero-order chi connectivity index (χ0) is 14.4. The van der Waals surface area contributed by atoms with E-state index in [-0.39, 0.29) is 17.3 Å². The lowest BCUT2D eigenvalue weighted by atomic mass is 10.3. The van der Waals surface area contributed by atoms with Crippen LogP contribution in [0.2, 0.25) is 0 Å². The second-order valence-corrected chi connectivity index (χ2v) is 5.41. The second-order valence-electron chi connectivity index (χ2n) is 3.80. The van der Waals surface area contributed by atoms with Crippen molar-refractivity contribution in [3.05, 3.63) is 34.4 Å². The molecule has 0 saturated heterocycles. The van der Waals surface area contributed by atoms with Crippen LogP contribution in [0.15, 0.2) is 24.3 Å². The first-order chi connectivity index (χ1) is 8.90. The van der Waals surface area contributed by atoms with Crippen molar-refractivity contribution < 1.29 is 9.72 Å². The van der Waals surface area contributed by atoms with Crippen molar-refractivity contribution in [2.24, 2.45) is 0 Å². The Morgan fingerprint density at radius 2 is 2.21 bits per heavy atom. The second kappa shape index (κ2) is 7.05. The molecule has 19 heavy (non-hydrogen) atoms. The number of anilines is 1. The van der Waals surface area contributed by atoms with Gasteiger partial charge < -0.3 is 10.2 Å². The molecule has 6 nitrogen and oxygen atoms in total. The van der Waals surface area contributed by atoms with Crippen molar-refractivity contribution in [3.8, 4) is 0 Å². The fourth-order valence-electron chi connectivity index (χ4n) is 1.15. The SMILES string of the molecule is CN(C)C(=S)SCC(=O)Nc1cccc([N+](=O)[O-])c1. The zero-order valence-electron chi connectivity index (χ0n) is 10.5. The highest BCUT2D eigenvalue weighted by molar-refractivity contribution is 8.23. The van der Waals surface area contributed by atoms with E-state index < -0.39 is 4.92 Å². The fourth-order valence-corrected chi connectivity index (χ4v) is 1.91. The van der Waals surface area contributed by atoms with Crippen LogP contribution in [0.3, 0.4) is 0 Å². The Labute approximate surface area is 120 Å². The van der Waals surface area contributed by atoms with E-state index in [2.05, 4.69) is 5.32 Å². The van der Waals surface area contributed by atoms with Crippen molar-refractivity contribution in [1.29, 1.82) is 0 Å². The summed E-state index contributed by atoms with van der Waals surface area (Å²) in [6.07, 6.45) is 0. The standard InChI is InChI=1S/C11H13N3O3S2/c1-13(2)11(18)19-7-10(15)12-8-4-3-5-9(6-8)14(16)17/h3-6H,7H2,1-2H3,(H,12,15). The highest BCUT2D eigenvalue weighted by Crippen LogP contribution is 2.17. The minimum Gasteiger partial charge on any atom is -0.364 e. The quantitative estimate of drug-likeness (QED) is 0.521. The van der Waals surface area contributed by atoms with Crippen LogP contribution in [0.4, 0.5) is 11.4 Å². The molecule has 0 unspecified atom stereocenters. The largest absolute Gasteiger partial charge is 0.364 e. The predicted octanol–water partition coefficient (Wildman–Crippen LogP) is 2.11. The summed E-state index contributed by atoms with van der Waals surface area (Å²) in [5.41, 5.74) is 0.338. The Morgan fingerprint density at radius 3 is 2.79 bits per heavy atom. The van der Waals surface area contributed by atoms with Gasteiger partial charge in [-0.05, 0) is 6.07 Å². The summed E-state index contributed by atoms with van der Waals surface area (Å²) >= 11 is 6.27. The molecule has 0 bridgehead atoms. The number of nitro benzene ring substituents is 1. The van der Waals surface area contributed by atoms with Crippen molar-refractivity contribution >= 4 is 45.6 Å². The summed E-state index contributed by atoms with van der Waals surface area (Å²) in [5, 5.41) is 13.2. The summed E-state index contributed by atoms with van der Waals surface area (Å²) < 4.78 is 0.606. The number of hydrogen-bond acceptors (Lipinski definition) is 5. The van der Waals surface area contributed by atoms with E-state index in [1.165, 1.54) is 30.0 Å². The monoisotopic (exact) mass is 299 g/mol. The molecule has 1 amide bonds. The van der Waals surface area contributed by atoms with Crippen LogP contribution in [0.1, 0.15) is 0 Å². The van der Waals surface area contributed by atoms with E-state index in [9.17, 15) is 14.9 Å². The Hall–Kier alpha value is -1.67. The first-order valence-electron chi connectivity index (χ1n) is 5.28. The Balaban J connectivity index is 2.55. The molecular formula is C11H13N3O3S2. The molecule has 102 valence electrons. The highest BCUT2D eigenvalue weighted by atomic mass is 32.2. The van der Waals surface area contributed by atoms with Gasteiger partial charge in [0.2, 0.25) is 5.91 Å². The van der Waals surface area contributed by atoms with E-state index >= 15 is 0 Å². The molecule has 0 aliphatic rings. The van der Waals surface area contributed by atoms with Gasteiger partial charge in [0.1, 0.15) is 4.32 Å². The summed E-state index contributed by atoms with van der Waals surface area (Å²) in [6, 6.07) is 5.80. The zero-order valence-corrected chi connectivity index (χ0v) is 12.1. The Kier molecular flexibility index (Phi) is 5.71. The third kappa shape index (κ3) is 5.23. The molecule has 0 heterocycles. The summed E-state index contributed by atoms with van der Waals surface area (Å²) in [5.74, 6) is -0.0885. The maximum absolute atomic E-state index is 11.6. The Bertz CT molecular complexity index is 506. The molecule has 0 aliphatic heterocycles. The van der Waals surface area contributed by atoms with Gasteiger partial charge in [0.25, 0.3) is 5.69 Å². The average molecular weight is 299 g/mol. The number of hydrogen-bond donors (Lipinski definition) is 1. The van der Waals surface area contributed by atoms with Gasteiger partial charge in [-0.3, -0.25) is 14.9 Å². The predicted molar refractivity (Wildman–Crippen MR) is 80.5 cm³/mol. The van der Waals surface area contributed by atoms with Gasteiger partial charge in [0.05, 0.1) is 10.7 Å². The van der Waals surface area contributed by atoms with Crippen LogP contribution in [0.25, 0.3) is 0 Å². The van der Waals surface area contributed by atoms with Gasteiger partial charge in [-0.15, -0.1) is 0 Å². The van der Waals surface area contributed by atoms with Gasteiger partial charge >= 0.3 is 0 Å². The first-order valence-corrected chi connectivity index (χ1v) is 6.68.